The number of nitrogens with one attached hydrogen (secondary N) is 1. The Morgan fingerprint density at radius 3 is 2.91 bits per heavy atom. The van der Waals surface area contributed by atoms with Gasteiger partial charge in [0.2, 0.25) is 11.8 Å². The maximum absolute atomic E-state index is 12.3. The number of amides is 2. The number of likely N-dealkylation sites (tertiary alicyclic amines) is 1. The monoisotopic (exact) mass is 335 g/mol. The SMILES string of the molecule is CSc1cccc(CNC(=O)[C@@H]2CC(=O)N(CCN(C)C)C2)c1. The zero-order valence-electron chi connectivity index (χ0n) is 14.0. The van der Waals surface area contributed by atoms with Gasteiger partial charge in [-0.1, -0.05) is 12.1 Å². The molecule has 2 amide bonds. The summed E-state index contributed by atoms with van der Waals surface area (Å²) in [5.74, 6) is -0.176. The standard InChI is InChI=1S/C17H25N3O2S/c1-19(2)7-8-20-12-14(10-16(20)21)17(22)18-11-13-5-4-6-15(9-13)23-3/h4-6,9,14H,7-8,10-12H2,1-3H3,(H,18,22)/t14-/m1/s1. The number of thioether (sulfide) groups is 1. The molecule has 126 valence electrons. The van der Waals surface area contributed by atoms with E-state index in [0.29, 0.717) is 26.1 Å². The van der Waals surface area contributed by atoms with Crippen LogP contribution in [0.15, 0.2) is 29.2 Å². The number of hydrogen-bond acceptors (Lipinski definition) is 4. The fraction of sp³-hybridized carbons (Fsp3) is 0.529. The molecular formula is C17H25N3O2S. The van der Waals surface area contributed by atoms with Gasteiger partial charge in [0, 0.05) is 37.5 Å². The van der Waals surface area contributed by atoms with Crippen molar-refractivity contribution in [2.24, 2.45) is 5.92 Å². The molecule has 1 atom stereocenters. The van der Waals surface area contributed by atoms with Crippen LogP contribution in [0.4, 0.5) is 0 Å². The Morgan fingerprint density at radius 1 is 1.43 bits per heavy atom. The fourth-order valence-electron chi connectivity index (χ4n) is 2.60. The van der Waals surface area contributed by atoms with E-state index in [9.17, 15) is 9.59 Å². The smallest absolute Gasteiger partial charge is 0.225 e. The third-order valence-electron chi connectivity index (χ3n) is 4.00. The minimum absolute atomic E-state index is 0.0275. The van der Waals surface area contributed by atoms with Gasteiger partial charge in [0.05, 0.1) is 5.92 Å². The molecule has 1 aliphatic heterocycles. The largest absolute Gasteiger partial charge is 0.352 e. The first kappa shape index (κ1) is 17.8. The molecule has 5 nitrogen and oxygen atoms in total. The van der Waals surface area contributed by atoms with E-state index in [0.717, 1.165) is 12.1 Å². The minimum atomic E-state index is -0.228. The Morgan fingerprint density at radius 2 is 2.22 bits per heavy atom. The van der Waals surface area contributed by atoms with Crippen molar-refractivity contribution in [3.05, 3.63) is 29.8 Å². The van der Waals surface area contributed by atoms with E-state index in [-0.39, 0.29) is 17.7 Å². The van der Waals surface area contributed by atoms with Gasteiger partial charge in [-0.25, -0.2) is 0 Å². The number of hydrogen-bond donors (Lipinski definition) is 1. The quantitative estimate of drug-likeness (QED) is 0.766. The first-order valence-electron chi connectivity index (χ1n) is 7.82. The lowest BCUT2D eigenvalue weighted by Crippen LogP contribution is -2.35. The Kier molecular flexibility index (Phi) is 6.47. The minimum Gasteiger partial charge on any atom is -0.352 e. The highest BCUT2D eigenvalue weighted by Crippen LogP contribution is 2.19. The van der Waals surface area contributed by atoms with Gasteiger partial charge in [-0.2, -0.15) is 0 Å². The van der Waals surface area contributed by atoms with Crippen LogP contribution in [0.25, 0.3) is 0 Å². The van der Waals surface area contributed by atoms with E-state index in [1.54, 1.807) is 16.7 Å². The second-order valence-corrected chi connectivity index (χ2v) is 6.99. The highest BCUT2D eigenvalue weighted by atomic mass is 32.2. The normalized spacial score (nSPS) is 17.8. The van der Waals surface area contributed by atoms with Crippen molar-refractivity contribution in [3.8, 4) is 0 Å². The first-order chi connectivity index (χ1) is 11.0. The van der Waals surface area contributed by atoms with Crippen LogP contribution < -0.4 is 5.32 Å². The van der Waals surface area contributed by atoms with Gasteiger partial charge in [0.25, 0.3) is 0 Å². The molecule has 0 unspecified atom stereocenters. The Hall–Kier alpha value is -1.53. The summed E-state index contributed by atoms with van der Waals surface area (Å²) in [5.41, 5.74) is 1.08. The topological polar surface area (TPSA) is 52.7 Å². The Labute approximate surface area is 142 Å². The van der Waals surface area contributed by atoms with Gasteiger partial charge in [0.1, 0.15) is 0 Å². The number of likely N-dealkylation sites (N-methyl/N-ethyl adjacent to an activating group) is 1. The molecule has 0 bridgehead atoms. The number of benzene rings is 1. The van der Waals surface area contributed by atoms with Crippen molar-refractivity contribution in [2.75, 3.05) is 40.0 Å². The summed E-state index contributed by atoms with van der Waals surface area (Å²) >= 11 is 1.68. The molecule has 2 rings (SSSR count). The maximum Gasteiger partial charge on any atom is 0.225 e. The van der Waals surface area contributed by atoms with Crippen molar-refractivity contribution in [3.63, 3.8) is 0 Å². The molecule has 1 fully saturated rings. The summed E-state index contributed by atoms with van der Waals surface area (Å²) < 4.78 is 0. The van der Waals surface area contributed by atoms with Crippen LogP contribution in [0, 0.1) is 5.92 Å². The van der Waals surface area contributed by atoms with Crippen LogP contribution in [-0.4, -0.2) is 61.6 Å². The lowest BCUT2D eigenvalue weighted by atomic mass is 10.1. The molecule has 1 N–H and O–H groups in total. The van der Waals surface area contributed by atoms with Gasteiger partial charge < -0.3 is 15.1 Å². The van der Waals surface area contributed by atoms with Crippen molar-refractivity contribution < 1.29 is 9.59 Å². The predicted molar refractivity (Wildman–Crippen MR) is 93.3 cm³/mol. The summed E-state index contributed by atoms with van der Waals surface area (Å²) in [6.07, 6.45) is 2.36. The van der Waals surface area contributed by atoms with Crippen molar-refractivity contribution >= 4 is 23.6 Å². The van der Waals surface area contributed by atoms with Crippen molar-refractivity contribution in [2.45, 2.75) is 17.9 Å². The molecule has 1 aromatic carbocycles. The Bertz CT molecular complexity index is 563. The fourth-order valence-corrected chi connectivity index (χ4v) is 3.08. The van der Waals surface area contributed by atoms with Crippen LogP contribution >= 0.6 is 11.8 Å². The van der Waals surface area contributed by atoms with Gasteiger partial charge in [-0.3, -0.25) is 9.59 Å². The van der Waals surface area contributed by atoms with E-state index >= 15 is 0 Å². The molecule has 0 radical (unpaired) electrons. The molecular weight excluding hydrogens is 310 g/mol. The summed E-state index contributed by atoms with van der Waals surface area (Å²) in [5, 5.41) is 2.96. The van der Waals surface area contributed by atoms with Gasteiger partial charge in [-0.15, -0.1) is 11.8 Å². The van der Waals surface area contributed by atoms with E-state index < -0.39 is 0 Å². The van der Waals surface area contributed by atoms with E-state index in [1.165, 1.54) is 4.90 Å². The molecule has 23 heavy (non-hydrogen) atoms. The predicted octanol–water partition coefficient (Wildman–Crippen LogP) is 1.43. The number of rotatable bonds is 7. The average Bonchev–Trinajstić information content (AvgIpc) is 2.92. The van der Waals surface area contributed by atoms with Crippen LogP contribution in [0.3, 0.4) is 0 Å². The molecule has 0 aliphatic carbocycles. The van der Waals surface area contributed by atoms with Crippen LogP contribution in [0.2, 0.25) is 0 Å². The second-order valence-electron chi connectivity index (χ2n) is 6.11. The molecule has 1 aliphatic rings. The zero-order valence-corrected chi connectivity index (χ0v) is 14.9. The second kappa shape index (κ2) is 8.36. The maximum atomic E-state index is 12.3. The van der Waals surface area contributed by atoms with Crippen molar-refractivity contribution in [1.82, 2.24) is 15.1 Å². The summed E-state index contributed by atoms with van der Waals surface area (Å²) in [6, 6.07) is 8.13. The summed E-state index contributed by atoms with van der Waals surface area (Å²) in [7, 11) is 3.96. The van der Waals surface area contributed by atoms with E-state index in [2.05, 4.69) is 11.4 Å². The lowest BCUT2D eigenvalue weighted by molar-refractivity contribution is -0.129. The van der Waals surface area contributed by atoms with Crippen LogP contribution in [0.5, 0.6) is 0 Å². The number of nitrogens with zero attached hydrogens (tertiary/aromatic N) is 2. The third-order valence-corrected chi connectivity index (χ3v) is 4.73. The highest BCUT2D eigenvalue weighted by molar-refractivity contribution is 7.98. The van der Waals surface area contributed by atoms with Crippen LogP contribution in [-0.2, 0) is 16.1 Å². The molecule has 0 spiro atoms. The van der Waals surface area contributed by atoms with Crippen molar-refractivity contribution in [1.29, 1.82) is 0 Å². The lowest BCUT2D eigenvalue weighted by Gasteiger charge is -2.19. The van der Waals surface area contributed by atoms with Gasteiger partial charge >= 0.3 is 0 Å². The highest BCUT2D eigenvalue weighted by Gasteiger charge is 2.33. The summed E-state index contributed by atoms with van der Waals surface area (Å²) in [4.78, 5) is 29.3. The molecule has 1 heterocycles. The molecule has 1 saturated heterocycles. The molecule has 0 saturated carbocycles. The van der Waals surface area contributed by atoms with Gasteiger partial charge in [0.15, 0.2) is 0 Å². The third kappa shape index (κ3) is 5.25. The average molecular weight is 335 g/mol. The van der Waals surface area contributed by atoms with Gasteiger partial charge in [-0.05, 0) is 38.0 Å². The molecule has 0 aromatic heterocycles. The molecule has 1 aromatic rings. The number of carbonyl (C=O) groups excluding carboxylic acids is 2. The van der Waals surface area contributed by atoms with E-state index in [4.69, 9.17) is 0 Å². The number of carbonyl (C=O) groups is 2. The first-order valence-corrected chi connectivity index (χ1v) is 9.05. The molecule has 6 heteroatoms. The van der Waals surface area contributed by atoms with E-state index in [1.807, 2.05) is 43.5 Å². The van der Waals surface area contributed by atoms with Crippen LogP contribution in [0.1, 0.15) is 12.0 Å². The zero-order chi connectivity index (χ0) is 16.8. The Balaban J connectivity index is 1.83. The summed E-state index contributed by atoms with van der Waals surface area (Å²) in [6.45, 7) is 2.55.